The molecule has 1 fully saturated rings. The van der Waals surface area contributed by atoms with Crippen molar-refractivity contribution < 1.29 is 6.85 Å². The van der Waals surface area contributed by atoms with Crippen LogP contribution >= 0.6 is 0 Å². The molecule has 2 heteroatoms. The average molecular weight is 167 g/mol. The fourth-order valence-electron chi connectivity index (χ4n) is 1.24. The predicted molar refractivity (Wildman–Crippen MR) is 48.8 cm³/mol. The Morgan fingerprint density at radius 3 is 3.33 bits per heavy atom. The summed E-state index contributed by atoms with van der Waals surface area (Å²) in [4.78, 5) is 5.02. The number of likely N-dealkylation sites (tertiary alicyclic amines) is 1. The fraction of sp³-hybridized carbons (Fsp3) is 0.500. The molecule has 64 valence electrons. The maximum Gasteiger partial charge on any atom is 0.0519 e. The van der Waals surface area contributed by atoms with Gasteiger partial charge in [-0.1, -0.05) is 6.07 Å². The van der Waals surface area contributed by atoms with E-state index in [-0.39, 0.29) is 6.42 Å². The summed E-state index contributed by atoms with van der Waals surface area (Å²) in [6, 6.07) is 1.49. The van der Waals surface area contributed by atoms with Crippen molar-refractivity contribution in [2.75, 3.05) is 13.5 Å². The minimum Gasteiger partial charge on any atom is -0.299 e. The molecule has 2 heterocycles. The summed E-state index contributed by atoms with van der Waals surface area (Å²) in [5.74, 6) is 0. The van der Waals surface area contributed by atoms with E-state index >= 15 is 0 Å². The molecule has 0 saturated carbocycles. The fourth-order valence-corrected chi connectivity index (χ4v) is 1.24. The summed E-state index contributed by atoms with van der Waals surface area (Å²) in [7, 11) is 1.44. The molecule has 0 aromatic carbocycles. The second-order valence-corrected chi connectivity index (χ2v) is 2.66. The van der Waals surface area contributed by atoms with E-state index in [0.29, 0.717) is 5.56 Å². The normalized spacial score (nSPS) is 45.2. The van der Waals surface area contributed by atoms with Crippen molar-refractivity contribution in [1.29, 1.82) is 0 Å². The first-order valence-corrected chi connectivity index (χ1v) is 3.86. The standard InChI is InChI=1S/C10H14N2/c1-12-7-3-5-10(12)9-4-2-6-11-8-9/h2,4,6,8,10H,3,5,7H2,1H3/t10-/m0/s1/i5D2,7D2,10D. The lowest BCUT2D eigenvalue weighted by Crippen LogP contribution is -2.17. The molecule has 0 aliphatic carbocycles. The maximum atomic E-state index is 8.36. The number of aromatic nitrogens is 1. The highest BCUT2D eigenvalue weighted by Crippen LogP contribution is 2.29. The average Bonchev–Trinajstić information content (AvgIpc) is 2.38. The summed E-state index contributed by atoms with van der Waals surface area (Å²) in [5.41, 5.74) is 0.369. The molecule has 2 rings (SSSR count). The van der Waals surface area contributed by atoms with Gasteiger partial charge in [0.05, 0.1) is 1.37 Å². The van der Waals surface area contributed by atoms with E-state index in [0.717, 1.165) is 4.90 Å². The molecule has 1 aromatic heterocycles. The van der Waals surface area contributed by atoms with Gasteiger partial charge in [0, 0.05) is 23.9 Å². The van der Waals surface area contributed by atoms with E-state index in [4.69, 9.17) is 6.85 Å². The molecule has 1 aliphatic heterocycles. The topological polar surface area (TPSA) is 16.1 Å². The van der Waals surface area contributed by atoms with Gasteiger partial charge in [-0.05, 0) is 38.0 Å². The smallest absolute Gasteiger partial charge is 0.0519 e. The van der Waals surface area contributed by atoms with Crippen molar-refractivity contribution in [3.8, 4) is 0 Å². The Bertz CT molecular complexity index is 422. The largest absolute Gasteiger partial charge is 0.299 e. The zero-order valence-corrected chi connectivity index (χ0v) is 6.91. The first-order chi connectivity index (χ1) is 7.72. The minimum absolute atomic E-state index is 0.325. The number of nitrogens with zero attached hydrogens (tertiary/aromatic N) is 2. The van der Waals surface area contributed by atoms with Crippen molar-refractivity contribution in [3.05, 3.63) is 30.1 Å². The van der Waals surface area contributed by atoms with Gasteiger partial charge in [0.1, 0.15) is 0 Å². The molecular formula is C10H14N2. The highest BCUT2D eigenvalue weighted by atomic mass is 15.1. The van der Waals surface area contributed by atoms with Crippen LogP contribution < -0.4 is 0 Å². The van der Waals surface area contributed by atoms with Gasteiger partial charge in [0.2, 0.25) is 0 Å². The van der Waals surface area contributed by atoms with Crippen LogP contribution in [-0.4, -0.2) is 23.4 Å². The molecule has 1 atom stereocenters. The van der Waals surface area contributed by atoms with Gasteiger partial charge in [-0.3, -0.25) is 9.88 Å². The lowest BCUT2D eigenvalue weighted by molar-refractivity contribution is 0.317. The maximum absolute atomic E-state index is 8.36. The number of hydrogen-bond acceptors (Lipinski definition) is 2. The summed E-state index contributed by atoms with van der Waals surface area (Å²) >= 11 is 0. The Balaban J connectivity index is 2.56. The van der Waals surface area contributed by atoms with Crippen molar-refractivity contribution in [3.63, 3.8) is 0 Å². The quantitative estimate of drug-likeness (QED) is 0.634. The van der Waals surface area contributed by atoms with Gasteiger partial charge >= 0.3 is 0 Å². The second kappa shape index (κ2) is 3.23. The summed E-state index contributed by atoms with van der Waals surface area (Å²) in [6.45, 7) is -1.83. The van der Waals surface area contributed by atoms with E-state index in [1.54, 1.807) is 18.3 Å². The van der Waals surface area contributed by atoms with Crippen LogP contribution in [0, 0.1) is 0 Å². The van der Waals surface area contributed by atoms with Gasteiger partial charge in [0.25, 0.3) is 0 Å². The van der Waals surface area contributed by atoms with Crippen molar-refractivity contribution in [2.45, 2.75) is 18.8 Å². The number of rotatable bonds is 1. The zero-order valence-electron chi connectivity index (χ0n) is 11.9. The SMILES string of the molecule is [2H]C1([2H])CC([2H])([2H])[C@@]([2H])(c2cccnc2)N1C. The minimum atomic E-state index is -1.96. The second-order valence-electron chi connectivity index (χ2n) is 2.66. The van der Waals surface area contributed by atoms with Crippen LogP contribution in [0.3, 0.4) is 0 Å². The Kier molecular flexibility index (Phi) is 1.05. The van der Waals surface area contributed by atoms with Gasteiger partial charge in [0.15, 0.2) is 0 Å². The van der Waals surface area contributed by atoms with Gasteiger partial charge in [-0.15, -0.1) is 0 Å². The third-order valence-electron chi connectivity index (χ3n) is 1.84. The Morgan fingerprint density at radius 2 is 2.75 bits per heavy atom. The lowest BCUT2D eigenvalue weighted by Gasteiger charge is -2.18. The Labute approximate surface area is 80.3 Å². The van der Waals surface area contributed by atoms with Crippen LogP contribution in [0.4, 0.5) is 0 Å². The van der Waals surface area contributed by atoms with Crippen molar-refractivity contribution in [2.24, 2.45) is 0 Å². The van der Waals surface area contributed by atoms with Crippen molar-refractivity contribution >= 4 is 0 Å². The van der Waals surface area contributed by atoms with Crippen LogP contribution in [0.5, 0.6) is 0 Å². The predicted octanol–water partition coefficient (Wildman–Crippen LogP) is 1.85. The van der Waals surface area contributed by atoms with E-state index < -0.39 is 18.9 Å². The molecule has 0 unspecified atom stereocenters. The van der Waals surface area contributed by atoms with Crippen LogP contribution in [0.15, 0.2) is 24.5 Å². The summed E-state index contributed by atoms with van der Waals surface area (Å²) in [6.07, 6.45) is 0.679. The lowest BCUT2D eigenvalue weighted by atomic mass is 10.1. The van der Waals surface area contributed by atoms with Crippen LogP contribution in [-0.2, 0) is 0 Å². The van der Waals surface area contributed by atoms with Gasteiger partial charge in [-0.2, -0.15) is 0 Å². The molecular weight excluding hydrogens is 148 g/mol. The van der Waals surface area contributed by atoms with E-state index in [2.05, 4.69) is 4.98 Å². The number of pyridine rings is 1. The Hall–Kier alpha value is -0.890. The molecule has 0 spiro atoms. The molecule has 0 radical (unpaired) electrons. The van der Waals surface area contributed by atoms with Crippen molar-refractivity contribution in [1.82, 2.24) is 9.88 Å². The molecule has 1 aromatic rings. The van der Waals surface area contributed by atoms with E-state index in [9.17, 15) is 0 Å². The van der Waals surface area contributed by atoms with Crippen LogP contribution in [0.2, 0.25) is 0 Å². The third kappa shape index (κ3) is 1.34. The molecule has 0 N–H and O–H groups in total. The molecule has 2 nitrogen and oxygen atoms in total. The van der Waals surface area contributed by atoms with E-state index in [1.165, 1.54) is 13.2 Å². The first-order valence-electron chi connectivity index (χ1n) is 6.36. The van der Waals surface area contributed by atoms with Crippen LogP contribution in [0.25, 0.3) is 0 Å². The summed E-state index contributed by atoms with van der Waals surface area (Å²) in [5, 5.41) is 0. The Morgan fingerprint density at radius 1 is 1.83 bits per heavy atom. The number of hydrogen-bond donors (Lipinski definition) is 0. The highest BCUT2D eigenvalue weighted by molar-refractivity contribution is 5.14. The third-order valence-corrected chi connectivity index (χ3v) is 1.84. The zero-order chi connectivity index (χ0) is 12.9. The van der Waals surface area contributed by atoms with Gasteiger partial charge < -0.3 is 0 Å². The highest BCUT2D eigenvalue weighted by Gasteiger charge is 2.21. The molecule has 0 amide bonds. The molecule has 12 heavy (non-hydrogen) atoms. The molecule has 1 aliphatic rings. The van der Waals surface area contributed by atoms with E-state index in [1.807, 2.05) is 0 Å². The monoisotopic (exact) mass is 167 g/mol. The van der Waals surface area contributed by atoms with Gasteiger partial charge in [-0.25, -0.2) is 0 Å². The molecule has 0 bridgehead atoms. The van der Waals surface area contributed by atoms with Crippen LogP contribution in [0.1, 0.15) is 31.2 Å². The summed E-state index contributed by atoms with van der Waals surface area (Å²) < 4.78 is 39.8. The first kappa shape index (κ1) is 3.88. The molecule has 1 saturated heterocycles.